The Labute approximate surface area is 121 Å². The van der Waals surface area contributed by atoms with Crippen LogP contribution in [0.5, 0.6) is 0 Å². The van der Waals surface area contributed by atoms with Gasteiger partial charge in [-0.1, -0.05) is 0 Å². The summed E-state index contributed by atoms with van der Waals surface area (Å²) in [4.78, 5) is 11.9. The van der Waals surface area contributed by atoms with Crippen molar-refractivity contribution in [2.75, 3.05) is 18.9 Å². The quantitative estimate of drug-likeness (QED) is 0.860. The summed E-state index contributed by atoms with van der Waals surface area (Å²) < 4.78 is 0. The summed E-state index contributed by atoms with van der Waals surface area (Å²) in [6.07, 6.45) is 2.66. The van der Waals surface area contributed by atoms with Crippen LogP contribution < -0.4 is 5.32 Å². The number of nitrogens with zero attached hydrogens (tertiary/aromatic N) is 3. The fourth-order valence-corrected chi connectivity index (χ4v) is 3.18. The maximum atomic E-state index is 5.95. The normalized spacial score (nSPS) is 17.1. The molecule has 0 radical (unpaired) electrons. The Balaban J connectivity index is 1.72. The first-order valence-electron chi connectivity index (χ1n) is 6.51. The monoisotopic (exact) mass is 296 g/mol. The predicted molar refractivity (Wildman–Crippen MR) is 81.2 cm³/mol. The second-order valence-electron chi connectivity index (χ2n) is 5.11. The summed E-state index contributed by atoms with van der Waals surface area (Å²) in [6, 6.07) is 3.29. The van der Waals surface area contributed by atoms with Gasteiger partial charge in [0.05, 0.1) is 5.39 Å². The van der Waals surface area contributed by atoms with E-state index in [0.29, 0.717) is 11.3 Å². The van der Waals surface area contributed by atoms with Crippen molar-refractivity contribution in [2.45, 2.75) is 31.8 Å². The van der Waals surface area contributed by atoms with Crippen LogP contribution in [-0.2, 0) is 0 Å². The number of nitrogens with one attached hydrogen (secondary N) is 1. The third kappa shape index (κ3) is 2.83. The number of thiophene rings is 1. The van der Waals surface area contributed by atoms with Crippen molar-refractivity contribution in [3.8, 4) is 0 Å². The second-order valence-corrected chi connectivity index (χ2v) is 6.34. The smallest absolute Gasteiger partial charge is 0.225 e. The molecule has 0 saturated heterocycles. The highest BCUT2D eigenvalue weighted by molar-refractivity contribution is 7.16. The van der Waals surface area contributed by atoms with E-state index in [-0.39, 0.29) is 0 Å². The van der Waals surface area contributed by atoms with Gasteiger partial charge >= 0.3 is 0 Å². The van der Waals surface area contributed by atoms with Crippen LogP contribution in [0.3, 0.4) is 0 Å². The Hall–Kier alpha value is -0.910. The van der Waals surface area contributed by atoms with Crippen molar-refractivity contribution in [1.29, 1.82) is 0 Å². The molecule has 1 fully saturated rings. The van der Waals surface area contributed by atoms with Crippen molar-refractivity contribution >= 4 is 39.0 Å². The standard InChI is InChI=1S/C13H17ClN4S/c1-8(18(2)9-3-4-9)7-15-11-10-5-6-19-12(10)17-13(14)16-11/h5-6,8-9H,3-4,7H2,1-2H3,(H,15,16,17). The summed E-state index contributed by atoms with van der Waals surface area (Å²) in [6.45, 7) is 3.10. The summed E-state index contributed by atoms with van der Waals surface area (Å²) in [5.74, 6) is 0.840. The van der Waals surface area contributed by atoms with Crippen LogP contribution in [0.25, 0.3) is 10.2 Å². The molecule has 1 aliphatic carbocycles. The molecule has 0 aliphatic heterocycles. The highest BCUT2D eigenvalue weighted by Gasteiger charge is 2.29. The second kappa shape index (κ2) is 5.23. The van der Waals surface area contributed by atoms with E-state index in [0.717, 1.165) is 28.6 Å². The molecule has 3 rings (SSSR count). The Morgan fingerprint density at radius 3 is 3.05 bits per heavy atom. The van der Waals surface area contributed by atoms with Gasteiger partial charge in [0.25, 0.3) is 0 Å². The van der Waals surface area contributed by atoms with Crippen molar-refractivity contribution in [3.63, 3.8) is 0 Å². The molecule has 2 heterocycles. The molecule has 2 aromatic heterocycles. The van der Waals surface area contributed by atoms with Crippen molar-refractivity contribution in [3.05, 3.63) is 16.7 Å². The molecule has 19 heavy (non-hydrogen) atoms. The highest BCUT2D eigenvalue weighted by atomic mass is 35.5. The molecule has 102 valence electrons. The molecule has 6 heteroatoms. The van der Waals surface area contributed by atoms with Gasteiger partial charge in [0, 0.05) is 18.6 Å². The van der Waals surface area contributed by atoms with Crippen LogP contribution in [0.15, 0.2) is 11.4 Å². The van der Waals surface area contributed by atoms with E-state index in [1.54, 1.807) is 11.3 Å². The zero-order valence-electron chi connectivity index (χ0n) is 11.1. The Bertz CT molecular complexity index is 581. The number of anilines is 1. The predicted octanol–water partition coefficient (Wildman–Crippen LogP) is 3.24. The lowest BCUT2D eigenvalue weighted by atomic mass is 10.3. The minimum absolute atomic E-state index is 0.306. The molecule has 0 spiro atoms. The Morgan fingerprint density at radius 2 is 2.32 bits per heavy atom. The molecular weight excluding hydrogens is 280 g/mol. The summed E-state index contributed by atoms with van der Waals surface area (Å²) in [7, 11) is 2.19. The Morgan fingerprint density at radius 1 is 1.53 bits per heavy atom. The van der Waals surface area contributed by atoms with Crippen LogP contribution in [0.2, 0.25) is 5.28 Å². The molecule has 2 aromatic rings. The lowest BCUT2D eigenvalue weighted by molar-refractivity contribution is 0.257. The van der Waals surface area contributed by atoms with Crippen molar-refractivity contribution in [2.24, 2.45) is 0 Å². The molecule has 1 unspecified atom stereocenters. The average molecular weight is 297 g/mol. The molecule has 4 nitrogen and oxygen atoms in total. The van der Waals surface area contributed by atoms with Crippen LogP contribution >= 0.6 is 22.9 Å². The van der Waals surface area contributed by atoms with Gasteiger partial charge in [-0.3, -0.25) is 4.90 Å². The minimum atomic E-state index is 0.306. The van der Waals surface area contributed by atoms with Crippen LogP contribution in [0.4, 0.5) is 5.82 Å². The van der Waals surface area contributed by atoms with Crippen LogP contribution in [0.1, 0.15) is 19.8 Å². The first-order valence-corrected chi connectivity index (χ1v) is 7.77. The summed E-state index contributed by atoms with van der Waals surface area (Å²) in [5.41, 5.74) is 0. The van der Waals surface area contributed by atoms with Crippen molar-refractivity contribution in [1.82, 2.24) is 14.9 Å². The first-order chi connectivity index (χ1) is 9.15. The number of fused-ring (bicyclic) bond motifs is 1. The Kier molecular flexibility index (Phi) is 3.60. The van der Waals surface area contributed by atoms with Crippen LogP contribution in [0, 0.1) is 0 Å². The van der Waals surface area contributed by atoms with Gasteiger partial charge in [-0.15, -0.1) is 11.3 Å². The van der Waals surface area contributed by atoms with E-state index in [9.17, 15) is 0 Å². The van der Waals surface area contributed by atoms with E-state index < -0.39 is 0 Å². The number of hydrogen-bond acceptors (Lipinski definition) is 5. The van der Waals surface area contributed by atoms with Gasteiger partial charge in [-0.2, -0.15) is 0 Å². The summed E-state index contributed by atoms with van der Waals surface area (Å²) in [5, 5.41) is 6.78. The third-order valence-electron chi connectivity index (χ3n) is 3.68. The number of rotatable bonds is 5. The molecule has 1 atom stereocenters. The van der Waals surface area contributed by atoms with Gasteiger partial charge in [0.2, 0.25) is 5.28 Å². The fraction of sp³-hybridized carbons (Fsp3) is 0.538. The lowest BCUT2D eigenvalue weighted by Gasteiger charge is -2.24. The maximum absolute atomic E-state index is 5.95. The fourth-order valence-electron chi connectivity index (χ4n) is 2.19. The highest BCUT2D eigenvalue weighted by Crippen LogP contribution is 2.28. The van der Waals surface area contributed by atoms with Gasteiger partial charge in [-0.25, -0.2) is 9.97 Å². The topological polar surface area (TPSA) is 41.1 Å². The minimum Gasteiger partial charge on any atom is -0.368 e. The van der Waals surface area contributed by atoms with E-state index in [4.69, 9.17) is 11.6 Å². The zero-order valence-corrected chi connectivity index (χ0v) is 12.6. The maximum Gasteiger partial charge on any atom is 0.225 e. The number of halogens is 1. The largest absolute Gasteiger partial charge is 0.368 e. The molecule has 0 bridgehead atoms. The van der Waals surface area contributed by atoms with E-state index in [1.165, 1.54) is 12.8 Å². The van der Waals surface area contributed by atoms with E-state index >= 15 is 0 Å². The third-order valence-corrected chi connectivity index (χ3v) is 4.66. The van der Waals surface area contributed by atoms with E-state index in [2.05, 4.69) is 34.2 Å². The molecule has 1 N–H and O–H groups in total. The molecule has 0 aromatic carbocycles. The zero-order chi connectivity index (χ0) is 13.4. The molecule has 0 amide bonds. The van der Waals surface area contributed by atoms with Gasteiger partial charge in [0.1, 0.15) is 10.6 Å². The molecular formula is C13H17ClN4S. The van der Waals surface area contributed by atoms with Gasteiger partial charge in [0.15, 0.2) is 0 Å². The SMILES string of the molecule is CC(CNc1nc(Cl)nc2sccc12)N(C)C1CC1. The van der Waals surface area contributed by atoms with Gasteiger partial charge in [-0.05, 0) is 49.9 Å². The number of aromatic nitrogens is 2. The summed E-state index contributed by atoms with van der Waals surface area (Å²) >= 11 is 7.54. The van der Waals surface area contributed by atoms with Crippen LogP contribution in [-0.4, -0.2) is 40.5 Å². The number of likely N-dealkylation sites (N-methyl/N-ethyl adjacent to an activating group) is 1. The van der Waals surface area contributed by atoms with Crippen molar-refractivity contribution < 1.29 is 0 Å². The first kappa shape index (κ1) is 13.1. The molecule has 1 saturated carbocycles. The number of hydrogen-bond donors (Lipinski definition) is 1. The average Bonchev–Trinajstić information content (AvgIpc) is 3.13. The van der Waals surface area contributed by atoms with Gasteiger partial charge < -0.3 is 5.32 Å². The lowest BCUT2D eigenvalue weighted by Crippen LogP contribution is -2.36. The molecule has 1 aliphatic rings. The van der Waals surface area contributed by atoms with E-state index in [1.807, 2.05) is 11.4 Å².